The van der Waals surface area contributed by atoms with Crippen molar-refractivity contribution in [1.82, 2.24) is 35.0 Å². The van der Waals surface area contributed by atoms with Gasteiger partial charge in [-0.1, -0.05) is 6.42 Å². The number of nitrogens with one attached hydrogen (secondary N) is 2. The van der Waals surface area contributed by atoms with Gasteiger partial charge >= 0.3 is 0 Å². The zero-order valence-electron chi connectivity index (χ0n) is 21.4. The number of aromatic amines is 2. The van der Waals surface area contributed by atoms with E-state index in [1.165, 1.54) is 38.5 Å². The Hall–Kier alpha value is -3.85. The minimum Gasteiger partial charge on any atom is -0.370 e. The number of fused-ring (bicyclic) bond motifs is 2. The van der Waals surface area contributed by atoms with Gasteiger partial charge in [-0.25, -0.2) is 14.4 Å². The van der Waals surface area contributed by atoms with Gasteiger partial charge in [0.25, 0.3) is 0 Å². The summed E-state index contributed by atoms with van der Waals surface area (Å²) in [7, 11) is 0. The zero-order valence-corrected chi connectivity index (χ0v) is 21.4. The second-order valence-electron chi connectivity index (χ2n) is 10.5. The first kappa shape index (κ1) is 23.3. The molecule has 2 saturated heterocycles. The van der Waals surface area contributed by atoms with Gasteiger partial charge in [-0.15, -0.1) is 0 Å². The van der Waals surface area contributed by atoms with Crippen LogP contribution in [0.25, 0.3) is 44.7 Å². The van der Waals surface area contributed by atoms with Crippen LogP contribution in [0.1, 0.15) is 44.1 Å². The van der Waals surface area contributed by atoms with E-state index in [9.17, 15) is 0 Å². The lowest BCUT2D eigenvalue weighted by Gasteiger charge is -2.28. The minimum absolute atomic E-state index is 0.297. The van der Waals surface area contributed by atoms with Crippen molar-refractivity contribution in [1.29, 1.82) is 0 Å². The molecule has 8 nitrogen and oxygen atoms in total. The molecule has 0 amide bonds. The average Bonchev–Trinajstić information content (AvgIpc) is 3.59. The van der Waals surface area contributed by atoms with Crippen LogP contribution in [0, 0.1) is 5.82 Å². The number of likely N-dealkylation sites (tertiary alicyclic amines) is 1. The Morgan fingerprint density at radius 2 is 1.71 bits per heavy atom. The molecule has 6 heterocycles. The number of piperidine rings is 2. The van der Waals surface area contributed by atoms with E-state index < -0.39 is 0 Å². The molecule has 194 valence electrons. The Morgan fingerprint density at radius 3 is 2.55 bits per heavy atom. The van der Waals surface area contributed by atoms with Crippen LogP contribution in [0.3, 0.4) is 0 Å². The number of H-pyrrole nitrogens is 2. The smallest absolute Gasteiger partial charge is 0.180 e. The number of aromatic nitrogens is 6. The number of hydrogen-bond acceptors (Lipinski definition) is 6. The number of halogens is 1. The van der Waals surface area contributed by atoms with Crippen LogP contribution in [0.4, 0.5) is 10.1 Å². The SMILES string of the molecule is Fc1cc(-c2cncc(CN3CCCCC3)c2)cc2c(-c3nc4nccc(N5CCCCC5)c4[nH]3)[nH]nc12. The van der Waals surface area contributed by atoms with Crippen molar-refractivity contribution in [2.24, 2.45) is 0 Å². The van der Waals surface area contributed by atoms with E-state index in [4.69, 9.17) is 4.98 Å². The molecular formula is C29H31FN8. The summed E-state index contributed by atoms with van der Waals surface area (Å²) in [5.74, 6) is 0.234. The van der Waals surface area contributed by atoms with Crippen LogP contribution in [0.15, 0.2) is 42.9 Å². The highest BCUT2D eigenvalue weighted by molar-refractivity contribution is 5.97. The number of rotatable bonds is 5. The van der Waals surface area contributed by atoms with E-state index in [2.05, 4.69) is 41.0 Å². The molecule has 0 radical (unpaired) electrons. The Morgan fingerprint density at radius 1 is 0.895 bits per heavy atom. The second kappa shape index (κ2) is 9.79. The quantitative estimate of drug-likeness (QED) is 0.316. The van der Waals surface area contributed by atoms with Crippen molar-refractivity contribution in [3.63, 3.8) is 0 Å². The van der Waals surface area contributed by atoms with Crippen molar-refractivity contribution < 1.29 is 4.39 Å². The lowest BCUT2D eigenvalue weighted by Crippen LogP contribution is -2.29. The van der Waals surface area contributed by atoms with Gasteiger partial charge in [0.15, 0.2) is 17.3 Å². The van der Waals surface area contributed by atoms with Gasteiger partial charge in [-0.05, 0) is 80.6 Å². The highest BCUT2D eigenvalue weighted by atomic mass is 19.1. The number of benzene rings is 1. The maximum atomic E-state index is 15.3. The molecule has 0 atom stereocenters. The standard InChI is InChI=1S/C29H31FN8/c30-23-15-20(21-13-19(16-31-17-21)18-37-9-3-1-4-10-37)14-22-25(23)35-36-26(22)29-33-27-24(7-8-32-28(27)34-29)38-11-5-2-6-12-38/h7-8,13-17H,1-6,9-12,18H2,(H,35,36)(H,32,33,34). The molecule has 38 heavy (non-hydrogen) atoms. The third-order valence-corrected chi connectivity index (χ3v) is 7.90. The molecule has 0 saturated carbocycles. The van der Waals surface area contributed by atoms with E-state index in [1.54, 1.807) is 12.3 Å². The van der Waals surface area contributed by atoms with Crippen molar-refractivity contribution in [2.75, 3.05) is 31.1 Å². The summed E-state index contributed by atoms with van der Waals surface area (Å²) in [5, 5.41) is 8.00. The van der Waals surface area contributed by atoms with E-state index >= 15 is 4.39 Å². The topological polar surface area (TPSA) is 89.6 Å². The first-order valence-electron chi connectivity index (χ1n) is 13.7. The molecule has 0 spiro atoms. The van der Waals surface area contributed by atoms with Crippen molar-refractivity contribution >= 4 is 27.8 Å². The fourth-order valence-electron chi connectivity index (χ4n) is 5.94. The molecule has 2 aliphatic rings. The molecule has 0 unspecified atom stereocenters. The van der Waals surface area contributed by atoms with Gasteiger partial charge in [-0.3, -0.25) is 15.0 Å². The molecule has 1 aromatic carbocycles. The molecule has 2 N–H and O–H groups in total. The van der Waals surface area contributed by atoms with Crippen LogP contribution in [0.5, 0.6) is 0 Å². The minimum atomic E-state index is -0.371. The zero-order chi connectivity index (χ0) is 25.5. The van der Waals surface area contributed by atoms with Gasteiger partial charge < -0.3 is 9.88 Å². The van der Waals surface area contributed by atoms with Crippen LogP contribution < -0.4 is 4.90 Å². The third-order valence-electron chi connectivity index (χ3n) is 7.90. The van der Waals surface area contributed by atoms with Gasteiger partial charge in [0, 0.05) is 49.2 Å². The molecular weight excluding hydrogens is 479 g/mol. The first-order chi connectivity index (χ1) is 18.7. The predicted octanol–water partition coefficient (Wildman–Crippen LogP) is 5.68. The van der Waals surface area contributed by atoms with Gasteiger partial charge in [-0.2, -0.15) is 5.10 Å². The Balaban J connectivity index is 1.26. The van der Waals surface area contributed by atoms with Crippen molar-refractivity contribution in [3.8, 4) is 22.6 Å². The lowest BCUT2D eigenvalue weighted by atomic mass is 10.0. The molecule has 0 aliphatic carbocycles. The summed E-state index contributed by atoms with van der Waals surface area (Å²) in [6.07, 6.45) is 13.0. The van der Waals surface area contributed by atoms with Crippen LogP contribution in [-0.2, 0) is 6.54 Å². The number of hydrogen-bond donors (Lipinski definition) is 2. The molecule has 4 aromatic heterocycles. The van der Waals surface area contributed by atoms with E-state index in [0.29, 0.717) is 28.1 Å². The lowest BCUT2D eigenvalue weighted by molar-refractivity contribution is 0.220. The molecule has 5 aromatic rings. The van der Waals surface area contributed by atoms with E-state index in [-0.39, 0.29) is 5.82 Å². The summed E-state index contributed by atoms with van der Waals surface area (Å²) >= 11 is 0. The summed E-state index contributed by atoms with van der Waals surface area (Å²) in [6, 6.07) is 7.69. The maximum Gasteiger partial charge on any atom is 0.180 e. The molecule has 7 rings (SSSR count). The Kier molecular flexibility index (Phi) is 6.00. The fourth-order valence-corrected chi connectivity index (χ4v) is 5.94. The molecule has 0 bridgehead atoms. The highest BCUT2D eigenvalue weighted by Gasteiger charge is 2.20. The largest absolute Gasteiger partial charge is 0.370 e. The highest BCUT2D eigenvalue weighted by Crippen LogP contribution is 2.34. The number of nitrogens with zero attached hydrogens (tertiary/aromatic N) is 6. The molecule has 2 fully saturated rings. The van der Waals surface area contributed by atoms with E-state index in [1.807, 2.05) is 24.5 Å². The first-order valence-corrected chi connectivity index (χ1v) is 13.7. The van der Waals surface area contributed by atoms with Crippen LogP contribution in [0.2, 0.25) is 0 Å². The maximum absolute atomic E-state index is 15.3. The van der Waals surface area contributed by atoms with Gasteiger partial charge in [0.1, 0.15) is 16.7 Å². The normalized spacial score (nSPS) is 17.0. The van der Waals surface area contributed by atoms with Gasteiger partial charge in [0.2, 0.25) is 0 Å². The molecule has 9 heteroatoms. The monoisotopic (exact) mass is 510 g/mol. The number of pyridine rings is 2. The summed E-state index contributed by atoms with van der Waals surface area (Å²) in [4.78, 5) is 22.1. The number of imidazole rings is 1. The Bertz CT molecular complexity index is 1590. The Labute approximate surface area is 220 Å². The second-order valence-corrected chi connectivity index (χ2v) is 10.5. The van der Waals surface area contributed by atoms with Crippen molar-refractivity contribution in [2.45, 2.75) is 45.1 Å². The summed E-state index contributed by atoms with van der Waals surface area (Å²) in [6.45, 7) is 5.16. The molecule has 2 aliphatic heterocycles. The number of anilines is 1. The average molecular weight is 511 g/mol. The predicted molar refractivity (Wildman–Crippen MR) is 147 cm³/mol. The fraction of sp³-hybridized carbons (Fsp3) is 0.379. The summed E-state index contributed by atoms with van der Waals surface area (Å²) < 4.78 is 15.3. The third kappa shape index (κ3) is 4.30. The van der Waals surface area contributed by atoms with E-state index in [0.717, 1.165) is 60.6 Å². The van der Waals surface area contributed by atoms with Crippen LogP contribution in [-0.4, -0.2) is 61.2 Å². The van der Waals surface area contributed by atoms with Crippen molar-refractivity contribution in [3.05, 3.63) is 54.2 Å². The summed E-state index contributed by atoms with van der Waals surface area (Å²) in [5.41, 5.74) is 6.42. The van der Waals surface area contributed by atoms with Crippen LogP contribution >= 0.6 is 0 Å². The van der Waals surface area contributed by atoms with Gasteiger partial charge in [0.05, 0.1) is 5.69 Å².